The van der Waals surface area contributed by atoms with Crippen LogP contribution in [0.25, 0.3) is 11.1 Å². The summed E-state index contributed by atoms with van der Waals surface area (Å²) in [5, 5.41) is 0. The van der Waals surface area contributed by atoms with Crippen LogP contribution in [-0.4, -0.2) is 37.2 Å². The molecule has 34 heavy (non-hydrogen) atoms. The molecule has 1 atom stereocenters. The molecule has 2 aromatic carbocycles. The van der Waals surface area contributed by atoms with Crippen molar-refractivity contribution in [1.29, 1.82) is 0 Å². The molecule has 2 aromatic rings. The van der Waals surface area contributed by atoms with Crippen LogP contribution in [0.2, 0.25) is 0 Å². The van der Waals surface area contributed by atoms with Gasteiger partial charge in [0, 0.05) is 11.1 Å². The number of rotatable bonds is 11. The maximum absolute atomic E-state index is 11.8. The molecule has 0 aromatic heterocycles. The molecule has 0 heterocycles. The van der Waals surface area contributed by atoms with Crippen LogP contribution >= 0.6 is 0 Å². The molecule has 0 bridgehead atoms. The number of carbonyl (C=O) groups is 3. The predicted molar refractivity (Wildman–Crippen MR) is 128 cm³/mol. The van der Waals surface area contributed by atoms with Crippen molar-refractivity contribution in [3.05, 3.63) is 72.8 Å². The summed E-state index contributed by atoms with van der Waals surface area (Å²) in [7, 11) is 0. The Kier molecular flexibility index (Phi) is 9.62. The summed E-state index contributed by atoms with van der Waals surface area (Å²) in [6, 6.07) is 14.3. The van der Waals surface area contributed by atoms with E-state index < -0.39 is 18.0 Å². The van der Waals surface area contributed by atoms with E-state index >= 15 is 0 Å². The van der Waals surface area contributed by atoms with Crippen LogP contribution < -0.4 is 9.47 Å². The molecule has 0 N–H and O–H groups in total. The molecule has 0 fully saturated rings. The minimum absolute atomic E-state index is 0.0629. The van der Waals surface area contributed by atoms with Crippen LogP contribution in [0.3, 0.4) is 0 Å². The highest BCUT2D eigenvalue weighted by atomic mass is 16.6. The lowest BCUT2D eigenvalue weighted by Crippen LogP contribution is -2.32. The highest BCUT2D eigenvalue weighted by Gasteiger charge is 2.18. The summed E-state index contributed by atoms with van der Waals surface area (Å²) >= 11 is 0. The van der Waals surface area contributed by atoms with Gasteiger partial charge >= 0.3 is 17.9 Å². The fourth-order valence-corrected chi connectivity index (χ4v) is 2.58. The van der Waals surface area contributed by atoms with E-state index in [0.29, 0.717) is 17.1 Å². The third-order valence-corrected chi connectivity index (χ3v) is 4.54. The van der Waals surface area contributed by atoms with Gasteiger partial charge in [-0.3, -0.25) is 4.79 Å². The Hall–Kier alpha value is -3.87. The van der Waals surface area contributed by atoms with E-state index in [1.54, 1.807) is 52.0 Å². The minimum atomic E-state index is -0.681. The quantitative estimate of drug-likeness (QED) is 0.264. The van der Waals surface area contributed by atoms with E-state index in [1.165, 1.54) is 0 Å². The first-order valence-electron chi connectivity index (χ1n) is 10.8. The standard InChI is InChI=1S/C27H30O7/c1-17(2)25(28)31-15-24(16-32-26(29)18(3)4)33-22-11-7-20(8-12-22)21-9-13-23(14-10-21)34-27(30)19(5)6/h7-14,18,24H,1,5,15-16H2,2-4,6H3. The maximum Gasteiger partial charge on any atom is 0.338 e. The maximum atomic E-state index is 11.8. The fourth-order valence-electron chi connectivity index (χ4n) is 2.58. The lowest BCUT2D eigenvalue weighted by molar-refractivity contribution is -0.152. The van der Waals surface area contributed by atoms with Gasteiger partial charge in [0.25, 0.3) is 0 Å². The number of hydrogen-bond donors (Lipinski definition) is 0. The second kappa shape index (κ2) is 12.4. The van der Waals surface area contributed by atoms with Gasteiger partial charge in [-0.2, -0.15) is 0 Å². The number of ether oxygens (including phenoxy) is 4. The van der Waals surface area contributed by atoms with Crippen LogP contribution in [0, 0.1) is 5.92 Å². The average Bonchev–Trinajstić information content (AvgIpc) is 2.81. The average molecular weight is 467 g/mol. The van der Waals surface area contributed by atoms with E-state index in [4.69, 9.17) is 18.9 Å². The molecule has 7 heteroatoms. The molecule has 0 aliphatic carbocycles. The van der Waals surface area contributed by atoms with Gasteiger partial charge in [0.05, 0.1) is 5.92 Å². The van der Waals surface area contributed by atoms with Crippen LogP contribution in [-0.2, 0) is 23.9 Å². The molecule has 180 valence electrons. The lowest BCUT2D eigenvalue weighted by Gasteiger charge is -2.20. The summed E-state index contributed by atoms with van der Waals surface area (Å²) in [6.07, 6.45) is -0.681. The Morgan fingerprint density at radius 3 is 1.68 bits per heavy atom. The summed E-state index contributed by atoms with van der Waals surface area (Å²) in [5.74, 6) is -0.720. The Labute approximate surface area is 200 Å². The highest BCUT2D eigenvalue weighted by Crippen LogP contribution is 2.25. The molecule has 0 radical (unpaired) electrons. The first kappa shape index (κ1) is 26.4. The summed E-state index contributed by atoms with van der Waals surface area (Å²) in [5.41, 5.74) is 2.43. The van der Waals surface area contributed by atoms with Crippen molar-refractivity contribution in [3.63, 3.8) is 0 Å². The van der Waals surface area contributed by atoms with Gasteiger partial charge in [0.15, 0.2) is 6.10 Å². The van der Waals surface area contributed by atoms with Gasteiger partial charge in [-0.1, -0.05) is 51.3 Å². The molecule has 2 rings (SSSR count). The third-order valence-electron chi connectivity index (χ3n) is 4.54. The molecule has 0 saturated carbocycles. The molecule has 7 nitrogen and oxygen atoms in total. The van der Waals surface area contributed by atoms with Crippen molar-refractivity contribution >= 4 is 17.9 Å². The first-order chi connectivity index (χ1) is 16.1. The molecule has 0 spiro atoms. The van der Waals surface area contributed by atoms with Gasteiger partial charge in [-0.05, 0) is 49.2 Å². The number of hydrogen-bond acceptors (Lipinski definition) is 7. The fraction of sp³-hybridized carbons (Fsp3) is 0.296. The zero-order valence-corrected chi connectivity index (χ0v) is 20.0. The van der Waals surface area contributed by atoms with Crippen molar-refractivity contribution in [2.75, 3.05) is 13.2 Å². The second-order valence-electron chi connectivity index (χ2n) is 8.12. The molecule has 0 saturated heterocycles. The third kappa shape index (κ3) is 8.24. The van der Waals surface area contributed by atoms with Gasteiger partial charge in [0.1, 0.15) is 24.7 Å². The van der Waals surface area contributed by atoms with Gasteiger partial charge in [-0.25, -0.2) is 9.59 Å². The molecule has 1 unspecified atom stereocenters. The largest absolute Gasteiger partial charge is 0.483 e. The monoisotopic (exact) mass is 466 g/mol. The van der Waals surface area contributed by atoms with Crippen molar-refractivity contribution < 1.29 is 33.3 Å². The van der Waals surface area contributed by atoms with E-state index in [9.17, 15) is 14.4 Å². The molecule has 0 aliphatic heterocycles. The van der Waals surface area contributed by atoms with E-state index in [2.05, 4.69) is 13.2 Å². The van der Waals surface area contributed by atoms with E-state index in [0.717, 1.165) is 11.1 Å². The topological polar surface area (TPSA) is 88.1 Å². The summed E-state index contributed by atoms with van der Waals surface area (Å²) in [6.45, 7) is 13.6. The minimum Gasteiger partial charge on any atom is -0.483 e. The summed E-state index contributed by atoms with van der Waals surface area (Å²) in [4.78, 5) is 35.2. The second-order valence-corrected chi connectivity index (χ2v) is 8.12. The Bertz CT molecular complexity index is 1030. The number of carbonyl (C=O) groups excluding carboxylic acids is 3. The highest BCUT2D eigenvalue weighted by molar-refractivity contribution is 5.89. The van der Waals surface area contributed by atoms with Crippen molar-refractivity contribution in [1.82, 2.24) is 0 Å². The smallest absolute Gasteiger partial charge is 0.338 e. The van der Waals surface area contributed by atoms with Gasteiger partial charge < -0.3 is 18.9 Å². The Balaban J connectivity index is 2.05. The van der Waals surface area contributed by atoms with Gasteiger partial charge in [0.2, 0.25) is 0 Å². The van der Waals surface area contributed by atoms with E-state index in [-0.39, 0.29) is 30.7 Å². The molecular formula is C27H30O7. The zero-order valence-electron chi connectivity index (χ0n) is 20.0. The Morgan fingerprint density at radius 1 is 0.735 bits per heavy atom. The molecular weight excluding hydrogens is 436 g/mol. The van der Waals surface area contributed by atoms with E-state index in [1.807, 2.05) is 24.3 Å². The number of esters is 3. The van der Waals surface area contributed by atoms with Crippen LogP contribution in [0.1, 0.15) is 27.7 Å². The first-order valence-corrected chi connectivity index (χ1v) is 10.8. The van der Waals surface area contributed by atoms with Crippen LogP contribution in [0.4, 0.5) is 0 Å². The van der Waals surface area contributed by atoms with Crippen molar-refractivity contribution in [2.24, 2.45) is 5.92 Å². The molecule has 0 aliphatic rings. The Morgan fingerprint density at radius 2 is 1.21 bits per heavy atom. The van der Waals surface area contributed by atoms with Crippen LogP contribution in [0.5, 0.6) is 11.5 Å². The zero-order chi connectivity index (χ0) is 25.3. The molecule has 0 amide bonds. The SMILES string of the molecule is C=C(C)C(=O)OCC(COC(=O)C(C)C)Oc1ccc(-c2ccc(OC(=O)C(=C)C)cc2)cc1. The lowest BCUT2D eigenvalue weighted by atomic mass is 10.1. The normalized spacial score (nSPS) is 11.3. The van der Waals surface area contributed by atoms with Crippen LogP contribution in [0.15, 0.2) is 72.8 Å². The van der Waals surface area contributed by atoms with Crippen molar-refractivity contribution in [2.45, 2.75) is 33.8 Å². The predicted octanol–water partition coefficient (Wildman–Crippen LogP) is 4.90. The number of benzene rings is 2. The van der Waals surface area contributed by atoms with Crippen molar-refractivity contribution in [3.8, 4) is 22.6 Å². The summed E-state index contributed by atoms with van der Waals surface area (Å²) < 4.78 is 21.5. The van der Waals surface area contributed by atoms with Gasteiger partial charge in [-0.15, -0.1) is 0 Å².